The van der Waals surface area contributed by atoms with Gasteiger partial charge in [-0.1, -0.05) is 31.4 Å². The number of nitrogens with one attached hydrogen (secondary N) is 2. The molecule has 1 aliphatic carbocycles. The predicted octanol–water partition coefficient (Wildman–Crippen LogP) is 4.34. The summed E-state index contributed by atoms with van der Waals surface area (Å²) in [6.45, 7) is 0.296. The van der Waals surface area contributed by atoms with Crippen molar-refractivity contribution in [3.63, 3.8) is 0 Å². The van der Waals surface area contributed by atoms with E-state index in [9.17, 15) is 14.0 Å². The lowest BCUT2D eigenvalue weighted by Gasteiger charge is -2.22. The molecule has 6 heteroatoms. The van der Waals surface area contributed by atoms with Crippen LogP contribution in [0.4, 0.5) is 15.8 Å². The molecular weight excluding hydrogens is 369 g/mol. The summed E-state index contributed by atoms with van der Waals surface area (Å²) >= 11 is 0. The van der Waals surface area contributed by atoms with Crippen LogP contribution in [0.2, 0.25) is 0 Å². The van der Waals surface area contributed by atoms with E-state index in [4.69, 9.17) is 0 Å². The summed E-state index contributed by atoms with van der Waals surface area (Å²) in [6, 6.07) is 11.4. The number of hydrogen-bond donors (Lipinski definition) is 2. The van der Waals surface area contributed by atoms with E-state index in [0.717, 1.165) is 36.9 Å². The van der Waals surface area contributed by atoms with E-state index in [1.807, 2.05) is 31.1 Å². The van der Waals surface area contributed by atoms with Crippen LogP contribution in [0.1, 0.15) is 48.0 Å². The standard InChI is InChI=1S/C23H28FN3O2/c1-27(2)21-13-12-19(26-22(28)17-6-4-3-5-7-17)14-20(21)23(29)25-15-16-8-10-18(24)11-9-16/h8-14,17H,3-7,15H2,1-2H3,(H,25,29)(H,26,28). The maximum absolute atomic E-state index is 13.0. The van der Waals surface area contributed by atoms with E-state index in [0.29, 0.717) is 17.8 Å². The largest absolute Gasteiger partial charge is 0.377 e. The molecule has 0 aromatic heterocycles. The van der Waals surface area contributed by atoms with Gasteiger partial charge in [0.05, 0.1) is 5.56 Å². The first-order valence-electron chi connectivity index (χ1n) is 10.1. The maximum Gasteiger partial charge on any atom is 0.253 e. The molecule has 3 rings (SSSR count). The molecule has 0 bridgehead atoms. The third-order valence-electron chi connectivity index (χ3n) is 5.33. The Morgan fingerprint density at radius 2 is 1.72 bits per heavy atom. The first kappa shape index (κ1) is 20.8. The first-order chi connectivity index (χ1) is 13.9. The highest BCUT2D eigenvalue weighted by molar-refractivity contribution is 6.02. The highest BCUT2D eigenvalue weighted by Gasteiger charge is 2.22. The van der Waals surface area contributed by atoms with E-state index in [-0.39, 0.29) is 23.5 Å². The summed E-state index contributed by atoms with van der Waals surface area (Å²) in [6.07, 6.45) is 5.22. The number of anilines is 2. The van der Waals surface area contributed by atoms with Crippen LogP contribution >= 0.6 is 0 Å². The molecule has 0 aliphatic heterocycles. The molecule has 0 radical (unpaired) electrons. The zero-order chi connectivity index (χ0) is 20.8. The van der Waals surface area contributed by atoms with Crippen LogP contribution in [-0.2, 0) is 11.3 Å². The van der Waals surface area contributed by atoms with Crippen molar-refractivity contribution in [1.82, 2.24) is 5.32 Å². The van der Waals surface area contributed by atoms with E-state index in [1.165, 1.54) is 18.6 Å². The van der Waals surface area contributed by atoms with Crippen molar-refractivity contribution in [3.05, 3.63) is 59.4 Å². The van der Waals surface area contributed by atoms with Crippen LogP contribution in [0.15, 0.2) is 42.5 Å². The van der Waals surface area contributed by atoms with Gasteiger partial charge in [0.25, 0.3) is 5.91 Å². The zero-order valence-corrected chi connectivity index (χ0v) is 17.0. The van der Waals surface area contributed by atoms with Gasteiger partial charge >= 0.3 is 0 Å². The van der Waals surface area contributed by atoms with Crippen LogP contribution in [0.3, 0.4) is 0 Å². The van der Waals surface area contributed by atoms with Gasteiger partial charge in [-0.2, -0.15) is 0 Å². The van der Waals surface area contributed by atoms with Gasteiger partial charge in [-0.15, -0.1) is 0 Å². The Labute approximate surface area is 171 Å². The lowest BCUT2D eigenvalue weighted by atomic mass is 9.88. The van der Waals surface area contributed by atoms with E-state index in [1.54, 1.807) is 18.2 Å². The zero-order valence-electron chi connectivity index (χ0n) is 17.0. The highest BCUT2D eigenvalue weighted by Crippen LogP contribution is 2.27. The Morgan fingerprint density at radius 1 is 1.03 bits per heavy atom. The summed E-state index contributed by atoms with van der Waals surface area (Å²) in [5, 5.41) is 5.85. The van der Waals surface area contributed by atoms with Crippen LogP contribution in [0.5, 0.6) is 0 Å². The molecule has 2 amide bonds. The molecule has 154 valence electrons. The summed E-state index contributed by atoms with van der Waals surface area (Å²) in [4.78, 5) is 27.2. The average molecular weight is 397 g/mol. The molecule has 0 atom stereocenters. The number of carbonyl (C=O) groups excluding carboxylic acids is 2. The van der Waals surface area contributed by atoms with E-state index < -0.39 is 0 Å². The van der Waals surface area contributed by atoms with E-state index in [2.05, 4.69) is 10.6 Å². The molecule has 0 saturated heterocycles. The minimum absolute atomic E-state index is 0.0278. The molecule has 29 heavy (non-hydrogen) atoms. The Morgan fingerprint density at radius 3 is 2.38 bits per heavy atom. The third kappa shape index (κ3) is 5.56. The molecule has 2 N–H and O–H groups in total. The Kier molecular flexibility index (Phi) is 6.86. The molecule has 2 aromatic carbocycles. The Balaban J connectivity index is 1.72. The second-order valence-corrected chi connectivity index (χ2v) is 7.76. The number of amides is 2. The fourth-order valence-corrected chi connectivity index (χ4v) is 3.67. The molecule has 1 aliphatic rings. The third-order valence-corrected chi connectivity index (χ3v) is 5.33. The summed E-state index contributed by atoms with van der Waals surface area (Å²) in [5.41, 5.74) is 2.68. The smallest absolute Gasteiger partial charge is 0.253 e. The van der Waals surface area contributed by atoms with Crippen molar-refractivity contribution in [3.8, 4) is 0 Å². The lowest BCUT2D eigenvalue weighted by Crippen LogP contribution is -2.27. The van der Waals surface area contributed by atoms with Gasteiger partial charge in [0.1, 0.15) is 5.82 Å². The Bertz CT molecular complexity index is 859. The fraction of sp³-hybridized carbons (Fsp3) is 0.391. The normalized spacial score (nSPS) is 14.3. The summed E-state index contributed by atoms with van der Waals surface area (Å²) < 4.78 is 13.0. The SMILES string of the molecule is CN(C)c1ccc(NC(=O)C2CCCCC2)cc1C(=O)NCc1ccc(F)cc1. The number of hydrogen-bond acceptors (Lipinski definition) is 3. The van der Waals surface area contributed by atoms with Crippen molar-refractivity contribution >= 4 is 23.2 Å². The number of nitrogens with zero attached hydrogens (tertiary/aromatic N) is 1. The van der Waals surface area contributed by atoms with Crippen LogP contribution < -0.4 is 15.5 Å². The minimum atomic E-state index is -0.309. The molecule has 0 unspecified atom stereocenters. The van der Waals surface area contributed by atoms with Gasteiger partial charge in [-0.25, -0.2) is 4.39 Å². The summed E-state index contributed by atoms with van der Waals surface area (Å²) in [7, 11) is 3.73. The van der Waals surface area contributed by atoms with Crippen LogP contribution in [0.25, 0.3) is 0 Å². The van der Waals surface area contributed by atoms with Gasteiger partial charge in [0.15, 0.2) is 0 Å². The van der Waals surface area contributed by atoms with Crippen LogP contribution in [0, 0.1) is 11.7 Å². The monoisotopic (exact) mass is 397 g/mol. The van der Waals surface area contributed by atoms with E-state index >= 15 is 0 Å². The molecular formula is C23H28FN3O2. The molecule has 0 heterocycles. The molecule has 0 spiro atoms. The number of halogens is 1. The van der Waals surface area contributed by atoms with Crippen molar-refractivity contribution in [2.45, 2.75) is 38.6 Å². The molecule has 1 saturated carbocycles. The van der Waals surface area contributed by atoms with Gasteiger partial charge in [-0.05, 0) is 48.7 Å². The van der Waals surface area contributed by atoms with Crippen LogP contribution in [-0.4, -0.2) is 25.9 Å². The molecule has 2 aromatic rings. The van der Waals surface area contributed by atoms with Gasteiger partial charge in [0.2, 0.25) is 5.91 Å². The minimum Gasteiger partial charge on any atom is -0.377 e. The summed E-state index contributed by atoms with van der Waals surface area (Å²) in [5.74, 6) is -0.476. The highest BCUT2D eigenvalue weighted by atomic mass is 19.1. The average Bonchev–Trinajstić information content (AvgIpc) is 2.73. The lowest BCUT2D eigenvalue weighted by molar-refractivity contribution is -0.120. The molecule has 1 fully saturated rings. The van der Waals surface area contributed by atoms with Gasteiger partial charge in [-0.3, -0.25) is 9.59 Å². The van der Waals surface area contributed by atoms with Gasteiger partial charge < -0.3 is 15.5 Å². The van der Waals surface area contributed by atoms with Crippen molar-refractivity contribution in [2.24, 2.45) is 5.92 Å². The maximum atomic E-state index is 13.0. The first-order valence-corrected chi connectivity index (χ1v) is 10.1. The fourth-order valence-electron chi connectivity index (χ4n) is 3.67. The number of benzene rings is 2. The second kappa shape index (κ2) is 9.54. The topological polar surface area (TPSA) is 61.4 Å². The molecule has 5 nitrogen and oxygen atoms in total. The quantitative estimate of drug-likeness (QED) is 0.762. The number of carbonyl (C=O) groups is 2. The van der Waals surface area contributed by atoms with Crippen molar-refractivity contribution in [1.29, 1.82) is 0 Å². The van der Waals surface area contributed by atoms with Crippen molar-refractivity contribution in [2.75, 3.05) is 24.3 Å². The predicted molar refractivity (Wildman–Crippen MR) is 114 cm³/mol. The van der Waals surface area contributed by atoms with Gasteiger partial charge in [0, 0.05) is 37.9 Å². The second-order valence-electron chi connectivity index (χ2n) is 7.76. The van der Waals surface area contributed by atoms with Crippen molar-refractivity contribution < 1.29 is 14.0 Å². The Hall–Kier alpha value is -2.89. The number of rotatable bonds is 6.